The fraction of sp³-hybridized carbons (Fsp3) is 0.444. The van der Waals surface area contributed by atoms with Gasteiger partial charge in [-0.1, -0.05) is 0 Å². The Hall–Kier alpha value is -3.16. The fourth-order valence-corrected chi connectivity index (χ4v) is 2.59. The summed E-state index contributed by atoms with van der Waals surface area (Å²) in [6.07, 6.45) is 5.29. The van der Waals surface area contributed by atoms with Gasteiger partial charge in [-0.05, 0) is 19.4 Å². The van der Waals surface area contributed by atoms with Crippen LogP contribution in [0.15, 0.2) is 18.5 Å². The van der Waals surface area contributed by atoms with E-state index < -0.39 is 0 Å². The molecule has 1 atom stereocenters. The third-order valence-electron chi connectivity index (χ3n) is 4.34. The molecule has 0 aliphatic carbocycles. The number of aromatic amines is 1. The van der Waals surface area contributed by atoms with Gasteiger partial charge in [-0.25, -0.2) is 4.98 Å². The number of aryl methyl sites for hydroxylation is 1. The molecular formula is C18H21N7O3. The van der Waals surface area contributed by atoms with Crippen LogP contribution in [0.4, 0.5) is 11.6 Å². The Bertz CT molecular complexity index is 998. The molecule has 5 heterocycles. The summed E-state index contributed by atoms with van der Waals surface area (Å²) >= 11 is 0. The maximum atomic E-state index is 8.91. The highest BCUT2D eigenvalue weighted by molar-refractivity contribution is 5.78. The smallest absolute Gasteiger partial charge is 0.257 e. The van der Waals surface area contributed by atoms with Gasteiger partial charge in [0.2, 0.25) is 5.95 Å². The lowest BCUT2D eigenvalue weighted by Crippen LogP contribution is -2.38. The van der Waals surface area contributed by atoms with E-state index in [1.54, 1.807) is 23.1 Å². The second-order valence-electron chi connectivity index (χ2n) is 6.69. The van der Waals surface area contributed by atoms with Crippen LogP contribution in [0.25, 0.3) is 11.0 Å². The maximum absolute atomic E-state index is 8.91. The first kappa shape index (κ1) is 18.2. The van der Waals surface area contributed by atoms with E-state index in [9.17, 15) is 0 Å². The lowest BCUT2D eigenvalue weighted by atomic mass is 10.2. The molecular weight excluding hydrogens is 362 g/mol. The van der Waals surface area contributed by atoms with E-state index >= 15 is 0 Å². The van der Waals surface area contributed by atoms with Crippen molar-refractivity contribution in [3.05, 3.63) is 24.2 Å². The van der Waals surface area contributed by atoms with E-state index in [0.29, 0.717) is 48.2 Å². The Labute approximate surface area is 161 Å². The van der Waals surface area contributed by atoms with E-state index in [1.807, 2.05) is 13.1 Å². The van der Waals surface area contributed by atoms with E-state index in [0.717, 1.165) is 12.0 Å². The third-order valence-corrected chi connectivity index (χ3v) is 4.34. The number of hydrogen-bond acceptors (Lipinski definition) is 8. The molecule has 10 nitrogen and oxygen atoms in total. The largest absolute Gasteiger partial charge is 0.467 e. The highest BCUT2D eigenvalue weighted by Gasteiger charge is 2.23. The summed E-state index contributed by atoms with van der Waals surface area (Å²) < 4.78 is 17.4. The van der Waals surface area contributed by atoms with E-state index in [-0.39, 0.29) is 6.10 Å². The maximum Gasteiger partial charge on any atom is 0.257 e. The summed E-state index contributed by atoms with van der Waals surface area (Å²) in [5.41, 5.74) is 1.71. The van der Waals surface area contributed by atoms with Crippen LogP contribution in [-0.4, -0.2) is 56.8 Å². The van der Waals surface area contributed by atoms with Crippen LogP contribution in [0.5, 0.6) is 5.88 Å². The predicted octanol–water partition coefficient (Wildman–Crippen LogP) is 1.88. The lowest BCUT2D eigenvalue weighted by Gasteiger charge is -2.25. The molecule has 0 spiro atoms. The Kier molecular flexibility index (Phi) is 5.10. The van der Waals surface area contributed by atoms with Crippen LogP contribution in [0.2, 0.25) is 0 Å². The third kappa shape index (κ3) is 4.05. The summed E-state index contributed by atoms with van der Waals surface area (Å²) in [5.74, 6) is 0.875. The number of rotatable bonds is 4. The van der Waals surface area contributed by atoms with Crippen molar-refractivity contribution in [2.45, 2.75) is 25.6 Å². The minimum atomic E-state index is 0.0236. The van der Waals surface area contributed by atoms with Gasteiger partial charge in [0.25, 0.3) is 5.88 Å². The zero-order chi connectivity index (χ0) is 19.5. The Balaban J connectivity index is 0.000000336. The molecule has 5 rings (SSSR count). The molecule has 2 fully saturated rings. The standard InChI is InChI=1S/C14H13N7O2.C4H8O/c1-21-5-11(13(20-21)23-10-6-22-7-10)18-14-16-4-8-2-9(3-15)17-12(8)19-14;1-4-2-3-5-4/h2,4-5,10H,6-7H2,1H3,(H2,16,17,18,19);4H,2-3H2,1H3. The molecule has 3 aromatic heterocycles. The van der Waals surface area contributed by atoms with Gasteiger partial charge in [0.05, 0.1) is 25.5 Å². The monoisotopic (exact) mass is 383 g/mol. The Morgan fingerprint density at radius 1 is 1.43 bits per heavy atom. The predicted molar refractivity (Wildman–Crippen MR) is 100 cm³/mol. The number of ether oxygens (including phenoxy) is 3. The number of hydrogen-bond donors (Lipinski definition) is 2. The van der Waals surface area contributed by atoms with Crippen LogP contribution < -0.4 is 10.1 Å². The summed E-state index contributed by atoms with van der Waals surface area (Å²) in [6.45, 7) is 4.21. The molecule has 1 unspecified atom stereocenters. The van der Waals surface area contributed by atoms with E-state index in [2.05, 4.69) is 32.3 Å². The molecule has 10 heteroatoms. The lowest BCUT2D eigenvalue weighted by molar-refractivity contribution is -0.0812. The van der Waals surface area contributed by atoms with Gasteiger partial charge in [0.1, 0.15) is 29.2 Å². The van der Waals surface area contributed by atoms with E-state index in [4.69, 9.17) is 19.5 Å². The number of anilines is 2. The molecule has 0 amide bonds. The molecule has 0 bridgehead atoms. The van der Waals surface area contributed by atoms with Gasteiger partial charge in [-0.15, -0.1) is 5.10 Å². The summed E-state index contributed by atoms with van der Waals surface area (Å²) in [6, 6.07) is 3.75. The van der Waals surface area contributed by atoms with Crippen LogP contribution in [-0.2, 0) is 16.5 Å². The zero-order valence-corrected chi connectivity index (χ0v) is 15.7. The number of nitrogens with one attached hydrogen (secondary N) is 2. The molecule has 2 N–H and O–H groups in total. The van der Waals surface area contributed by atoms with Crippen LogP contribution in [0.3, 0.4) is 0 Å². The topological polar surface area (TPSA) is 123 Å². The van der Waals surface area contributed by atoms with Crippen LogP contribution >= 0.6 is 0 Å². The van der Waals surface area contributed by atoms with Gasteiger partial charge in [-0.3, -0.25) is 4.68 Å². The van der Waals surface area contributed by atoms with Crippen LogP contribution in [0.1, 0.15) is 19.0 Å². The first-order chi connectivity index (χ1) is 13.6. The van der Waals surface area contributed by atoms with Crippen molar-refractivity contribution in [1.29, 1.82) is 5.26 Å². The molecule has 2 saturated heterocycles. The van der Waals surface area contributed by atoms with Crippen LogP contribution in [0, 0.1) is 11.3 Å². The van der Waals surface area contributed by atoms with Crippen molar-refractivity contribution in [1.82, 2.24) is 24.7 Å². The van der Waals surface area contributed by atoms with Gasteiger partial charge >= 0.3 is 0 Å². The molecule has 0 saturated carbocycles. The van der Waals surface area contributed by atoms with Gasteiger partial charge in [0.15, 0.2) is 0 Å². The van der Waals surface area contributed by atoms with Crippen molar-refractivity contribution in [3.63, 3.8) is 0 Å². The number of nitriles is 1. The molecule has 3 aromatic rings. The molecule has 2 aliphatic heterocycles. The molecule has 2 aliphatic rings. The second kappa shape index (κ2) is 7.84. The molecule has 28 heavy (non-hydrogen) atoms. The number of H-pyrrole nitrogens is 1. The fourth-order valence-electron chi connectivity index (χ4n) is 2.59. The number of nitrogens with zero attached hydrogens (tertiary/aromatic N) is 5. The summed E-state index contributed by atoms with van der Waals surface area (Å²) in [5, 5.41) is 17.1. The molecule has 0 radical (unpaired) electrons. The van der Waals surface area contributed by atoms with Gasteiger partial charge in [-0.2, -0.15) is 10.2 Å². The minimum Gasteiger partial charge on any atom is -0.467 e. The summed E-state index contributed by atoms with van der Waals surface area (Å²) in [4.78, 5) is 11.5. The highest BCUT2D eigenvalue weighted by atomic mass is 16.6. The quantitative estimate of drug-likeness (QED) is 0.700. The first-order valence-electron chi connectivity index (χ1n) is 9.03. The van der Waals surface area contributed by atoms with Gasteiger partial charge < -0.3 is 24.5 Å². The normalized spacial score (nSPS) is 18.4. The highest BCUT2D eigenvalue weighted by Crippen LogP contribution is 2.27. The van der Waals surface area contributed by atoms with Crippen molar-refractivity contribution >= 4 is 22.7 Å². The van der Waals surface area contributed by atoms with Crippen molar-refractivity contribution in [2.75, 3.05) is 25.1 Å². The Morgan fingerprint density at radius 2 is 2.21 bits per heavy atom. The Morgan fingerprint density at radius 3 is 2.82 bits per heavy atom. The average molecular weight is 383 g/mol. The molecule has 0 aromatic carbocycles. The molecule has 146 valence electrons. The SMILES string of the molecule is CC1CCO1.Cn1cc(Nc2ncc3cc(C#N)[nH]c3n2)c(OC2COC2)n1. The van der Waals surface area contributed by atoms with Gasteiger partial charge in [0, 0.05) is 25.2 Å². The first-order valence-corrected chi connectivity index (χ1v) is 9.03. The number of fused-ring (bicyclic) bond motifs is 1. The van der Waals surface area contributed by atoms with Crippen molar-refractivity contribution in [2.24, 2.45) is 7.05 Å². The minimum absolute atomic E-state index is 0.0236. The van der Waals surface area contributed by atoms with Crippen molar-refractivity contribution < 1.29 is 14.2 Å². The number of aromatic nitrogens is 5. The summed E-state index contributed by atoms with van der Waals surface area (Å²) in [7, 11) is 1.81. The van der Waals surface area contributed by atoms with E-state index in [1.165, 1.54) is 6.42 Å². The second-order valence-corrected chi connectivity index (χ2v) is 6.69. The van der Waals surface area contributed by atoms with Crippen molar-refractivity contribution in [3.8, 4) is 11.9 Å². The average Bonchev–Trinajstić information content (AvgIpc) is 3.19. The zero-order valence-electron chi connectivity index (χ0n) is 15.7.